The molecule has 0 spiro atoms. The topological polar surface area (TPSA) is 0 Å². The van der Waals surface area contributed by atoms with Gasteiger partial charge in [-0.2, -0.15) is 6.07 Å². The summed E-state index contributed by atoms with van der Waals surface area (Å²) in [5.74, 6) is 0. The van der Waals surface area contributed by atoms with Gasteiger partial charge in [0.2, 0.25) is 0 Å². The summed E-state index contributed by atoms with van der Waals surface area (Å²) in [6.45, 7) is 2.12. The first-order valence-corrected chi connectivity index (χ1v) is 12.9. The average molecular weight is 463 g/mol. The summed E-state index contributed by atoms with van der Waals surface area (Å²) in [7, 11) is -0.924. The number of benzene rings is 4. The van der Waals surface area contributed by atoms with Crippen LogP contribution in [-0.2, 0) is 0 Å². The Morgan fingerprint density at radius 3 is 1.56 bits per heavy atom. The maximum absolute atomic E-state index is 2.47. The Morgan fingerprint density at radius 2 is 1.03 bits per heavy atom. The monoisotopic (exact) mass is 462 g/mol. The summed E-state index contributed by atoms with van der Waals surface area (Å²) < 4.78 is 0. The van der Waals surface area contributed by atoms with Gasteiger partial charge in [-0.05, 0) is 10.4 Å². The van der Waals surface area contributed by atoms with Crippen molar-refractivity contribution in [3.63, 3.8) is 0 Å². The van der Waals surface area contributed by atoms with E-state index >= 15 is 0 Å². The molecule has 0 amide bonds. The van der Waals surface area contributed by atoms with E-state index in [4.69, 9.17) is 0 Å². The fraction of sp³-hybridized carbons (Fsp3) is 0.0312. The number of aryl methyl sites for hydroxylation is 1. The second-order valence-electron chi connectivity index (χ2n) is 8.37. The first-order valence-electron chi connectivity index (χ1n) is 11.4. The number of fused-ring (bicyclic) bond motifs is 2. The largest absolute Gasteiger partial charge is 2.00 e. The van der Waals surface area contributed by atoms with Crippen molar-refractivity contribution in [2.45, 2.75) is 6.92 Å². The van der Waals surface area contributed by atoms with E-state index in [1.807, 2.05) is 0 Å². The van der Waals surface area contributed by atoms with Gasteiger partial charge in [-0.15, -0.1) is 80.8 Å². The summed E-state index contributed by atoms with van der Waals surface area (Å²) in [5, 5.41) is 8.19. The molecule has 0 nitrogen and oxygen atoms in total. The molecule has 0 bridgehead atoms. The molecular weight excluding hydrogens is 437 g/mol. The van der Waals surface area contributed by atoms with Crippen molar-refractivity contribution in [2.24, 2.45) is 0 Å². The van der Waals surface area contributed by atoms with Crippen LogP contribution in [0, 0.1) is 6.92 Å². The molecule has 0 unspecified atom stereocenters. The molecule has 0 heterocycles. The van der Waals surface area contributed by atoms with Gasteiger partial charge in [0.1, 0.15) is 0 Å². The summed E-state index contributed by atoms with van der Waals surface area (Å²) in [4.78, 5) is 0. The third-order valence-corrected chi connectivity index (χ3v) is 8.42. The van der Waals surface area contributed by atoms with Gasteiger partial charge < -0.3 is 0 Å². The van der Waals surface area contributed by atoms with Gasteiger partial charge in [0.05, 0.1) is 0 Å². The molecule has 6 rings (SSSR count). The molecule has 6 aromatic carbocycles. The van der Waals surface area contributed by atoms with E-state index in [9.17, 15) is 0 Å². The Hall–Kier alpha value is -3.05. The first kappa shape index (κ1) is 24.1. The predicted octanol–water partition coefficient (Wildman–Crippen LogP) is 6.09. The standard InChI is InChI=1S/C22H17Si.C10H9.Mg/c1-3-11-21(12-4-1)23(22-13-5-2-6-14-22)17-18-15-19-9-7-8-10-20(19)16-18;1-8-6-9-4-2-3-5-10(9)7-8;/h1-17H;2-7H,1H3;/q2*-1;+2. The molecule has 0 atom stereocenters. The molecule has 0 aliphatic heterocycles. The Bertz CT molecular complexity index is 1400. The molecule has 6 aromatic rings. The predicted molar refractivity (Wildman–Crippen MR) is 153 cm³/mol. The quantitative estimate of drug-likeness (QED) is 0.221. The maximum atomic E-state index is 2.47. The summed E-state index contributed by atoms with van der Waals surface area (Å²) in [6, 6.07) is 47.7. The summed E-state index contributed by atoms with van der Waals surface area (Å²) in [5.41, 5.74) is 5.14. The first-order chi connectivity index (χ1) is 16.3. The van der Waals surface area contributed by atoms with Crippen molar-refractivity contribution in [1.82, 2.24) is 0 Å². The van der Waals surface area contributed by atoms with E-state index in [1.54, 1.807) is 0 Å². The van der Waals surface area contributed by atoms with Crippen molar-refractivity contribution in [2.75, 3.05) is 0 Å². The van der Waals surface area contributed by atoms with E-state index < -0.39 is 8.41 Å². The summed E-state index contributed by atoms with van der Waals surface area (Å²) >= 11 is 0. The second kappa shape index (κ2) is 11.4. The van der Waals surface area contributed by atoms with E-state index in [0.717, 1.165) is 0 Å². The van der Waals surface area contributed by atoms with Crippen LogP contribution in [0.2, 0.25) is 0 Å². The van der Waals surface area contributed by atoms with Gasteiger partial charge in [0, 0.05) is 8.41 Å². The Morgan fingerprint density at radius 1 is 0.559 bits per heavy atom. The normalized spacial score (nSPS) is 10.3. The third kappa shape index (κ3) is 5.71. The average Bonchev–Trinajstić information content (AvgIpc) is 3.46. The molecule has 0 radical (unpaired) electrons. The number of hydrogen-bond donors (Lipinski definition) is 0. The Balaban J connectivity index is 0.000000209. The van der Waals surface area contributed by atoms with Crippen LogP contribution in [0.25, 0.3) is 21.5 Å². The SMILES string of the molecule is C(c1cc2ccccc2[cH-]1)=[Si](c1ccccc1)c1ccccc1.Cc1cc2ccccc2[cH-]1.[Mg+2]. The molecule has 2 heteroatoms. The van der Waals surface area contributed by atoms with Gasteiger partial charge in [0.25, 0.3) is 0 Å². The van der Waals surface area contributed by atoms with Crippen molar-refractivity contribution < 1.29 is 0 Å². The van der Waals surface area contributed by atoms with Crippen molar-refractivity contribution in [1.29, 1.82) is 0 Å². The Labute approximate surface area is 219 Å². The van der Waals surface area contributed by atoms with Gasteiger partial charge >= 0.3 is 23.1 Å². The van der Waals surface area contributed by atoms with Crippen LogP contribution >= 0.6 is 0 Å². The summed E-state index contributed by atoms with van der Waals surface area (Å²) in [6.07, 6.45) is 0. The van der Waals surface area contributed by atoms with Gasteiger partial charge in [-0.25, -0.2) is 0 Å². The van der Waals surface area contributed by atoms with Crippen molar-refractivity contribution in [3.8, 4) is 0 Å². The third-order valence-electron chi connectivity index (χ3n) is 5.88. The van der Waals surface area contributed by atoms with Crippen LogP contribution in [0.3, 0.4) is 0 Å². The van der Waals surface area contributed by atoms with E-state index in [2.05, 4.69) is 146 Å². The molecule has 0 saturated heterocycles. The Kier molecular flexibility index (Phi) is 8.07. The van der Waals surface area contributed by atoms with E-state index in [0.29, 0.717) is 0 Å². The maximum Gasteiger partial charge on any atom is 2.00 e. The fourth-order valence-electron chi connectivity index (χ4n) is 4.30. The van der Waals surface area contributed by atoms with Crippen molar-refractivity contribution >= 4 is 69.1 Å². The molecular formula is C32H26MgSi. The molecule has 0 aliphatic rings. The fourth-order valence-corrected chi connectivity index (χ4v) is 6.57. The molecule has 0 aliphatic carbocycles. The minimum Gasteiger partial charge on any atom is -0.165 e. The van der Waals surface area contributed by atoms with Gasteiger partial charge in [-0.1, -0.05) is 91.9 Å². The zero-order valence-corrected chi connectivity index (χ0v) is 21.9. The van der Waals surface area contributed by atoms with E-state index in [-0.39, 0.29) is 23.1 Å². The van der Waals surface area contributed by atoms with E-state index in [1.165, 1.54) is 43.0 Å². The molecule has 0 saturated carbocycles. The molecule has 0 aromatic heterocycles. The van der Waals surface area contributed by atoms with Crippen LogP contribution < -0.4 is 10.4 Å². The van der Waals surface area contributed by atoms with Crippen LogP contribution in [0.15, 0.2) is 133 Å². The minimum atomic E-state index is -0.924. The van der Waals surface area contributed by atoms with Crippen LogP contribution in [0.5, 0.6) is 0 Å². The molecule has 0 fully saturated rings. The zero-order valence-electron chi connectivity index (χ0n) is 19.5. The molecule has 160 valence electrons. The van der Waals surface area contributed by atoms with Crippen LogP contribution in [-0.4, -0.2) is 37.1 Å². The van der Waals surface area contributed by atoms with Crippen LogP contribution in [0.1, 0.15) is 11.1 Å². The van der Waals surface area contributed by atoms with Crippen LogP contribution in [0.4, 0.5) is 0 Å². The zero-order chi connectivity index (χ0) is 22.5. The van der Waals surface area contributed by atoms with Gasteiger partial charge in [-0.3, -0.25) is 0 Å². The molecule has 34 heavy (non-hydrogen) atoms. The number of hydrogen-bond acceptors (Lipinski definition) is 0. The molecule has 0 N–H and O–H groups in total. The van der Waals surface area contributed by atoms with Crippen molar-refractivity contribution in [3.05, 3.63) is 145 Å². The smallest absolute Gasteiger partial charge is 0.165 e. The number of rotatable bonds is 3. The minimum absolute atomic E-state index is 0. The van der Waals surface area contributed by atoms with Gasteiger partial charge in [0.15, 0.2) is 0 Å². The second-order valence-corrected chi connectivity index (χ2v) is 10.6.